The summed E-state index contributed by atoms with van der Waals surface area (Å²) in [6.07, 6.45) is 6.84. The highest BCUT2D eigenvalue weighted by atomic mass is 32.1. The van der Waals surface area contributed by atoms with E-state index in [-0.39, 0.29) is 0 Å². The van der Waals surface area contributed by atoms with Gasteiger partial charge in [0.2, 0.25) is 0 Å². The zero-order valence-corrected chi connectivity index (χ0v) is 8.60. The molecular weight excluding hydrogens is 187 g/mol. The van der Waals surface area contributed by atoms with E-state index < -0.39 is 0 Å². The lowest BCUT2D eigenvalue weighted by molar-refractivity contribution is 1.02. The van der Waals surface area contributed by atoms with E-state index in [1.54, 1.807) is 0 Å². The van der Waals surface area contributed by atoms with Crippen molar-refractivity contribution in [3.05, 3.63) is 34.7 Å². The molecule has 0 fully saturated rings. The molecule has 0 unspecified atom stereocenters. The molecule has 2 heteroatoms. The molecule has 1 aromatic carbocycles. The maximum atomic E-state index is 5.80. The van der Waals surface area contributed by atoms with Crippen LogP contribution < -0.4 is 5.46 Å². The Balaban J connectivity index is 2.39. The third-order valence-electron chi connectivity index (χ3n) is 2.65. The molecule has 1 aliphatic rings. The Labute approximate surface area is 88.7 Å². The van der Waals surface area contributed by atoms with Gasteiger partial charge in [-0.25, -0.2) is 0 Å². The first-order chi connectivity index (χ1) is 6.84. The minimum Gasteiger partial charge on any atom is -0.140 e. The average molecular weight is 196 g/mol. The number of fused-ring (bicyclic) bond motifs is 3. The summed E-state index contributed by atoms with van der Waals surface area (Å²) < 4.78 is 1.36. The van der Waals surface area contributed by atoms with Crippen molar-refractivity contribution in [3.8, 4) is 0 Å². The number of hydrogen-bond acceptors (Lipinski definition) is 1. The molecule has 1 heterocycles. The summed E-state index contributed by atoms with van der Waals surface area (Å²) >= 11 is 1.90. The van der Waals surface area contributed by atoms with E-state index in [0.29, 0.717) is 0 Å². The van der Waals surface area contributed by atoms with E-state index >= 15 is 0 Å². The molecule has 0 bridgehead atoms. The zero-order chi connectivity index (χ0) is 9.54. The third kappa shape index (κ3) is 1.14. The van der Waals surface area contributed by atoms with Gasteiger partial charge in [0, 0.05) is 9.58 Å². The van der Waals surface area contributed by atoms with Gasteiger partial charge in [0.25, 0.3) is 0 Å². The summed E-state index contributed by atoms with van der Waals surface area (Å²) in [5, 5.41) is 1.32. The van der Waals surface area contributed by atoms with Crippen LogP contribution in [0.1, 0.15) is 16.9 Å². The van der Waals surface area contributed by atoms with E-state index in [9.17, 15) is 0 Å². The third-order valence-corrected chi connectivity index (χ3v) is 3.90. The van der Waals surface area contributed by atoms with Crippen molar-refractivity contribution in [2.45, 2.75) is 12.8 Å². The Morgan fingerprint density at radius 2 is 2.21 bits per heavy atom. The molecule has 1 aliphatic carbocycles. The summed E-state index contributed by atoms with van der Waals surface area (Å²) in [6, 6.07) is 6.19. The number of thiophene rings is 1. The van der Waals surface area contributed by atoms with Gasteiger partial charge in [-0.2, -0.15) is 0 Å². The monoisotopic (exact) mass is 196 g/mol. The Kier molecular flexibility index (Phi) is 1.78. The largest absolute Gasteiger partial charge is 0.140 e. The standard InChI is InChI=1S/C12H9BS/c13-8-5-6-12-10(7-8)9-3-1-2-4-11(9)14-12/h1,3,5-7H,2,4H2. The molecule has 66 valence electrons. The average Bonchev–Trinajstić information content (AvgIpc) is 2.56. The van der Waals surface area contributed by atoms with Gasteiger partial charge in [-0.1, -0.05) is 29.7 Å². The predicted octanol–water partition coefficient (Wildman–Crippen LogP) is 2.65. The number of allylic oxidation sites excluding steroid dienone is 1. The van der Waals surface area contributed by atoms with Crippen molar-refractivity contribution in [3.63, 3.8) is 0 Å². The maximum Gasteiger partial charge on any atom is 0.113 e. The second-order valence-corrected chi connectivity index (χ2v) is 4.77. The van der Waals surface area contributed by atoms with Crippen molar-refractivity contribution in [1.29, 1.82) is 0 Å². The van der Waals surface area contributed by atoms with Crippen molar-refractivity contribution in [2.24, 2.45) is 0 Å². The van der Waals surface area contributed by atoms with Crippen LogP contribution in [0.2, 0.25) is 0 Å². The van der Waals surface area contributed by atoms with Gasteiger partial charge in [0.1, 0.15) is 7.85 Å². The summed E-state index contributed by atoms with van der Waals surface area (Å²) in [5.74, 6) is 0. The number of benzene rings is 1. The molecule has 0 spiro atoms. The minimum absolute atomic E-state index is 0.858. The van der Waals surface area contributed by atoms with Crippen molar-refractivity contribution < 1.29 is 0 Å². The lowest BCUT2D eigenvalue weighted by Gasteiger charge is -2.03. The second kappa shape index (κ2) is 2.99. The van der Waals surface area contributed by atoms with Crippen LogP contribution in [-0.2, 0) is 6.42 Å². The van der Waals surface area contributed by atoms with Crippen LogP contribution in [-0.4, -0.2) is 7.85 Å². The molecule has 2 aromatic rings. The number of hydrogen-bond donors (Lipinski definition) is 0. The summed E-state index contributed by atoms with van der Waals surface area (Å²) in [6.45, 7) is 0. The van der Waals surface area contributed by atoms with Crippen LogP contribution in [0.25, 0.3) is 16.2 Å². The van der Waals surface area contributed by atoms with Gasteiger partial charge in [-0.3, -0.25) is 0 Å². The molecule has 0 atom stereocenters. The smallest absolute Gasteiger partial charge is 0.113 e. The Morgan fingerprint density at radius 1 is 1.29 bits per heavy atom. The first-order valence-electron chi connectivity index (χ1n) is 4.82. The van der Waals surface area contributed by atoms with E-state index in [4.69, 9.17) is 7.85 Å². The summed E-state index contributed by atoms with van der Waals surface area (Å²) in [4.78, 5) is 1.51. The maximum absolute atomic E-state index is 5.80. The van der Waals surface area contributed by atoms with Gasteiger partial charge in [0.05, 0.1) is 0 Å². The zero-order valence-electron chi connectivity index (χ0n) is 7.79. The molecule has 1 aromatic heterocycles. The second-order valence-electron chi connectivity index (χ2n) is 3.64. The highest BCUT2D eigenvalue weighted by Gasteiger charge is 2.11. The molecule has 0 N–H and O–H groups in total. The van der Waals surface area contributed by atoms with Gasteiger partial charge in [-0.05, 0) is 29.9 Å². The van der Waals surface area contributed by atoms with Gasteiger partial charge < -0.3 is 0 Å². The molecule has 0 saturated heterocycles. The topological polar surface area (TPSA) is 0 Å². The first-order valence-corrected chi connectivity index (χ1v) is 5.64. The number of aryl methyl sites for hydroxylation is 1. The van der Waals surface area contributed by atoms with E-state index in [0.717, 1.165) is 5.46 Å². The van der Waals surface area contributed by atoms with Gasteiger partial charge in [-0.15, -0.1) is 11.3 Å². The molecule has 2 radical (unpaired) electrons. The van der Waals surface area contributed by atoms with Crippen LogP contribution in [0.15, 0.2) is 24.3 Å². The minimum atomic E-state index is 0.858. The SMILES string of the molecule is [B]c1ccc2sc3c(c2c1)C=CCC3. The fourth-order valence-electron chi connectivity index (χ4n) is 1.97. The van der Waals surface area contributed by atoms with Crippen molar-refractivity contribution >= 4 is 40.8 Å². The van der Waals surface area contributed by atoms with E-state index in [1.807, 2.05) is 17.4 Å². The molecule has 3 rings (SSSR count). The molecular formula is C12H9BS. The van der Waals surface area contributed by atoms with Crippen LogP contribution in [0.5, 0.6) is 0 Å². The highest BCUT2D eigenvalue weighted by molar-refractivity contribution is 7.19. The highest BCUT2D eigenvalue weighted by Crippen LogP contribution is 2.34. The lowest BCUT2D eigenvalue weighted by Crippen LogP contribution is -1.99. The first kappa shape index (κ1) is 8.31. The molecule has 14 heavy (non-hydrogen) atoms. The predicted molar refractivity (Wildman–Crippen MR) is 64.6 cm³/mol. The molecule has 0 nitrogen and oxygen atoms in total. The normalized spacial score (nSPS) is 14.6. The summed E-state index contributed by atoms with van der Waals surface area (Å²) in [5.41, 5.74) is 2.25. The van der Waals surface area contributed by atoms with Gasteiger partial charge >= 0.3 is 0 Å². The Hall–Kier alpha value is -1.02. The van der Waals surface area contributed by atoms with Crippen LogP contribution in [0, 0.1) is 0 Å². The van der Waals surface area contributed by atoms with Crippen LogP contribution in [0.4, 0.5) is 0 Å². The number of rotatable bonds is 0. The van der Waals surface area contributed by atoms with E-state index in [1.165, 1.54) is 33.4 Å². The van der Waals surface area contributed by atoms with Crippen molar-refractivity contribution in [1.82, 2.24) is 0 Å². The van der Waals surface area contributed by atoms with Gasteiger partial charge in [0.15, 0.2) is 0 Å². The fourth-order valence-corrected chi connectivity index (χ4v) is 3.16. The van der Waals surface area contributed by atoms with E-state index in [2.05, 4.69) is 24.3 Å². The lowest BCUT2D eigenvalue weighted by atomic mass is 9.93. The van der Waals surface area contributed by atoms with Crippen LogP contribution >= 0.6 is 11.3 Å². The summed E-state index contributed by atoms with van der Waals surface area (Å²) in [7, 11) is 5.80. The molecule has 0 aliphatic heterocycles. The quantitative estimate of drug-likeness (QED) is 0.568. The molecule has 0 saturated carbocycles. The van der Waals surface area contributed by atoms with Crippen LogP contribution in [0.3, 0.4) is 0 Å². The Morgan fingerprint density at radius 3 is 3.14 bits per heavy atom. The van der Waals surface area contributed by atoms with Crippen molar-refractivity contribution in [2.75, 3.05) is 0 Å². The molecule has 0 amide bonds. The fraction of sp³-hybridized carbons (Fsp3) is 0.167. The Bertz CT molecular complexity index is 522.